The second-order valence-corrected chi connectivity index (χ2v) is 8.14. The molecule has 2 fully saturated rings. The second-order valence-electron chi connectivity index (χ2n) is 8.14. The van der Waals surface area contributed by atoms with Gasteiger partial charge in [-0.15, -0.1) is 0 Å². The number of benzene rings is 1. The van der Waals surface area contributed by atoms with E-state index in [9.17, 15) is 0 Å². The zero-order chi connectivity index (χ0) is 19.6. The smallest absolute Gasteiger partial charge is 0.137 e. The number of imidazole rings is 1. The summed E-state index contributed by atoms with van der Waals surface area (Å²) in [7, 11) is 0. The van der Waals surface area contributed by atoms with E-state index in [4.69, 9.17) is 4.74 Å². The van der Waals surface area contributed by atoms with Crippen molar-refractivity contribution < 1.29 is 4.74 Å². The molecule has 5 rings (SSSR count). The molecule has 29 heavy (non-hydrogen) atoms. The fraction of sp³-hybridized carbons (Fsp3) is 0.500. The number of nitrogens with zero attached hydrogens (tertiary/aromatic N) is 4. The number of fused-ring (bicyclic) bond motifs is 1. The second kappa shape index (κ2) is 8.08. The maximum absolute atomic E-state index is 5.50. The van der Waals surface area contributed by atoms with Crippen LogP contribution in [0.3, 0.4) is 0 Å². The van der Waals surface area contributed by atoms with Crippen molar-refractivity contribution in [2.24, 2.45) is 0 Å². The van der Waals surface area contributed by atoms with E-state index in [1.807, 2.05) is 19.2 Å². The van der Waals surface area contributed by atoms with Gasteiger partial charge in [0.15, 0.2) is 0 Å². The minimum Gasteiger partial charge on any atom is -0.379 e. The van der Waals surface area contributed by atoms with Crippen molar-refractivity contribution in [2.75, 3.05) is 31.6 Å². The third kappa shape index (κ3) is 3.97. The summed E-state index contributed by atoms with van der Waals surface area (Å²) in [5.41, 5.74) is 3.00. The highest BCUT2D eigenvalue weighted by molar-refractivity contribution is 5.92. The first-order valence-electron chi connectivity index (χ1n) is 10.6. The zero-order valence-electron chi connectivity index (χ0n) is 16.9. The molecule has 1 aliphatic carbocycles. The van der Waals surface area contributed by atoms with Crippen LogP contribution in [0.4, 0.5) is 5.82 Å². The Morgan fingerprint density at radius 2 is 1.93 bits per heavy atom. The third-order valence-electron chi connectivity index (χ3n) is 6.21. The first-order valence-corrected chi connectivity index (χ1v) is 10.6. The molecule has 0 spiro atoms. The van der Waals surface area contributed by atoms with Crippen LogP contribution in [0.1, 0.15) is 31.4 Å². The van der Waals surface area contributed by atoms with Gasteiger partial charge in [-0.05, 0) is 50.8 Å². The molecule has 2 aliphatic rings. The average Bonchev–Trinajstić information content (AvgIpc) is 3.21. The topological polar surface area (TPSA) is 79.0 Å². The van der Waals surface area contributed by atoms with Crippen LogP contribution in [0, 0.1) is 6.92 Å². The average molecular weight is 393 g/mol. The number of nitrogens with one attached hydrogen (secondary N) is 2. The Kier molecular flexibility index (Phi) is 5.16. The Morgan fingerprint density at radius 1 is 1.10 bits per heavy atom. The lowest BCUT2D eigenvalue weighted by Gasteiger charge is -2.39. The van der Waals surface area contributed by atoms with Crippen LogP contribution >= 0.6 is 0 Å². The Balaban J connectivity index is 1.31. The quantitative estimate of drug-likeness (QED) is 0.709. The molecule has 0 atom stereocenters. The van der Waals surface area contributed by atoms with Gasteiger partial charge in [-0.1, -0.05) is 0 Å². The lowest BCUT2D eigenvalue weighted by molar-refractivity contribution is 0.00791. The molecule has 1 saturated heterocycles. The van der Waals surface area contributed by atoms with E-state index in [0.717, 1.165) is 60.1 Å². The van der Waals surface area contributed by atoms with Crippen LogP contribution in [0.5, 0.6) is 0 Å². The fourth-order valence-corrected chi connectivity index (χ4v) is 4.60. The third-order valence-corrected chi connectivity index (χ3v) is 6.21. The molecule has 1 saturated carbocycles. The molecule has 2 aromatic heterocycles. The summed E-state index contributed by atoms with van der Waals surface area (Å²) in [5.74, 6) is 1.81. The van der Waals surface area contributed by atoms with E-state index < -0.39 is 0 Å². The van der Waals surface area contributed by atoms with Crippen LogP contribution in [0.15, 0.2) is 30.7 Å². The molecule has 3 aromatic rings. The van der Waals surface area contributed by atoms with Crippen molar-refractivity contribution in [1.82, 2.24) is 24.8 Å². The lowest BCUT2D eigenvalue weighted by Crippen LogP contribution is -2.46. The molecule has 3 heterocycles. The molecular weight excluding hydrogens is 364 g/mol. The number of anilines is 1. The molecule has 0 amide bonds. The number of hydrogen-bond acceptors (Lipinski definition) is 6. The summed E-state index contributed by atoms with van der Waals surface area (Å²) in [4.78, 5) is 19.4. The van der Waals surface area contributed by atoms with Gasteiger partial charge >= 0.3 is 0 Å². The van der Waals surface area contributed by atoms with E-state index in [1.165, 1.54) is 25.7 Å². The van der Waals surface area contributed by atoms with E-state index in [-0.39, 0.29) is 0 Å². The van der Waals surface area contributed by atoms with Crippen molar-refractivity contribution in [3.8, 4) is 11.4 Å². The molecule has 0 unspecified atom stereocenters. The van der Waals surface area contributed by atoms with Gasteiger partial charge < -0.3 is 15.0 Å². The highest BCUT2D eigenvalue weighted by Gasteiger charge is 2.27. The number of hydrogen-bond donors (Lipinski definition) is 2. The first-order chi connectivity index (χ1) is 14.3. The summed E-state index contributed by atoms with van der Waals surface area (Å²) >= 11 is 0. The van der Waals surface area contributed by atoms with Gasteiger partial charge in [0, 0.05) is 42.3 Å². The zero-order valence-corrected chi connectivity index (χ0v) is 16.9. The van der Waals surface area contributed by atoms with Gasteiger partial charge in [-0.25, -0.2) is 15.0 Å². The number of H-pyrrole nitrogens is 1. The number of aryl methyl sites for hydroxylation is 1. The Bertz CT molecular complexity index is 972. The summed E-state index contributed by atoms with van der Waals surface area (Å²) in [5, 5.41) is 4.76. The van der Waals surface area contributed by atoms with Gasteiger partial charge in [0.05, 0.1) is 24.4 Å². The van der Waals surface area contributed by atoms with Crippen molar-refractivity contribution in [3.63, 3.8) is 0 Å². The maximum atomic E-state index is 5.50. The van der Waals surface area contributed by atoms with Crippen molar-refractivity contribution in [3.05, 3.63) is 36.4 Å². The summed E-state index contributed by atoms with van der Waals surface area (Å²) in [6.45, 7) is 5.90. The van der Waals surface area contributed by atoms with Crippen molar-refractivity contribution >= 4 is 16.7 Å². The van der Waals surface area contributed by atoms with Gasteiger partial charge in [-0.3, -0.25) is 4.90 Å². The van der Waals surface area contributed by atoms with Crippen molar-refractivity contribution in [1.29, 1.82) is 0 Å². The predicted molar refractivity (Wildman–Crippen MR) is 114 cm³/mol. The molecular formula is C22H28N6O. The summed E-state index contributed by atoms with van der Waals surface area (Å²) in [6, 6.07) is 7.40. The minimum atomic E-state index is 0.458. The predicted octanol–water partition coefficient (Wildman–Crippen LogP) is 3.38. The molecule has 7 nitrogen and oxygen atoms in total. The number of morpholine rings is 1. The van der Waals surface area contributed by atoms with Crippen LogP contribution < -0.4 is 5.32 Å². The minimum absolute atomic E-state index is 0.458. The monoisotopic (exact) mass is 392 g/mol. The summed E-state index contributed by atoms with van der Waals surface area (Å²) in [6.07, 6.45) is 8.39. The van der Waals surface area contributed by atoms with Gasteiger partial charge in [0.25, 0.3) is 0 Å². The van der Waals surface area contributed by atoms with Crippen LogP contribution in [0.2, 0.25) is 0 Å². The van der Waals surface area contributed by atoms with Crippen molar-refractivity contribution in [2.45, 2.75) is 44.7 Å². The number of rotatable bonds is 4. The molecule has 1 aromatic carbocycles. The number of aromatic amines is 1. The largest absolute Gasteiger partial charge is 0.379 e. The molecule has 2 N–H and O–H groups in total. The number of ether oxygens (including phenoxy) is 1. The van der Waals surface area contributed by atoms with Gasteiger partial charge in [-0.2, -0.15) is 0 Å². The van der Waals surface area contributed by atoms with Crippen LogP contribution in [-0.4, -0.2) is 63.2 Å². The maximum Gasteiger partial charge on any atom is 0.137 e. The molecule has 7 heteroatoms. The normalized spacial score (nSPS) is 23.3. The van der Waals surface area contributed by atoms with Crippen LogP contribution in [-0.2, 0) is 4.74 Å². The van der Waals surface area contributed by atoms with E-state index >= 15 is 0 Å². The van der Waals surface area contributed by atoms with Gasteiger partial charge in [0.1, 0.15) is 18.0 Å². The molecule has 0 bridgehead atoms. The number of aromatic nitrogens is 4. The standard InChI is InChI=1S/C22H28N6O/c1-15-13-23-21(26-15)16-2-7-20-19(12-16)22(25-14-24-20)27-17-3-5-18(6-4-17)28-8-10-29-11-9-28/h2,7,12-14,17-18H,3-6,8-11H2,1H3,(H,23,26)(H,24,25,27)/t17-,18-. The molecule has 152 valence electrons. The summed E-state index contributed by atoms with van der Waals surface area (Å²) < 4.78 is 5.50. The Morgan fingerprint density at radius 3 is 2.69 bits per heavy atom. The lowest BCUT2D eigenvalue weighted by atomic mass is 9.90. The van der Waals surface area contributed by atoms with E-state index in [2.05, 4.69) is 42.3 Å². The Labute approximate surface area is 170 Å². The highest BCUT2D eigenvalue weighted by Crippen LogP contribution is 2.29. The Hall–Kier alpha value is -2.51. The molecule has 1 aliphatic heterocycles. The van der Waals surface area contributed by atoms with E-state index in [0.29, 0.717) is 12.1 Å². The molecule has 0 radical (unpaired) electrons. The van der Waals surface area contributed by atoms with Crippen LogP contribution in [0.25, 0.3) is 22.3 Å². The highest BCUT2D eigenvalue weighted by atomic mass is 16.5. The van der Waals surface area contributed by atoms with E-state index in [1.54, 1.807) is 6.33 Å². The SMILES string of the molecule is Cc1c[nH]c(-c2ccc3ncnc(N[C@H]4CC[C@H](N5CCOCC5)CC4)c3c2)n1. The first kappa shape index (κ1) is 18.5. The van der Waals surface area contributed by atoms with Gasteiger partial charge in [0.2, 0.25) is 0 Å². The fourth-order valence-electron chi connectivity index (χ4n) is 4.60.